The van der Waals surface area contributed by atoms with E-state index < -0.39 is 20.0 Å². The lowest BCUT2D eigenvalue weighted by molar-refractivity contribution is 0.206. The Labute approximate surface area is 148 Å². The number of rotatable bonds is 4. The smallest absolute Gasteiger partial charge is 0.234 e. The molecule has 14 heteroatoms. The minimum absolute atomic E-state index is 0.236. The van der Waals surface area contributed by atoms with E-state index in [0.29, 0.717) is 0 Å². The van der Waals surface area contributed by atoms with Crippen LogP contribution < -0.4 is 16.4 Å². The van der Waals surface area contributed by atoms with Crippen LogP contribution >= 0.6 is 69.6 Å². The van der Waals surface area contributed by atoms with Crippen LogP contribution in [0.5, 0.6) is 0 Å². The molecule has 0 aromatic carbocycles. The molecule has 21 heavy (non-hydrogen) atoms. The average molecular weight is 421 g/mol. The summed E-state index contributed by atoms with van der Waals surface area (Å²) in [5.74, 6) is -0.733. The number of hydrogen-bond donors (Lipinski definition) is 5. The number of nitrogens with two attached hydrogens (primary N) is 1. The first-order valence-corrected chi connectivity index (χ1v) is 7.20. The van der Waals surface area contributed by atoms with Crippen LogP contribution in [0.25, 0.3) is 0 Å². The number of aliphatic hydroxyl groups excluding tert-OH is 2. The van der Waals surface area contributed by atoms with E-state index in [9.17, 15) is 10.2 Å². The molecule has 1 heterocycles. The molecule has 0 spiro atoms. The molecule has 0 aliphatic heterocycles. The Kier molecular flexibility index (Phi) is 6.46. The van der Waals surface area contributed by atoms with Gasteiger partial charge < -0.3 is 26.6 Å². The molecule has 0 radical (unpaired) electrons. The summed E-state index contributed by atoms with van der Waals surface area (Å²) in [5.41, 5.74) is 5.43. The predicted octanol–water partition coefficient (Wildman–Crippen LogP) is 1.65. The van der Waals surface area contributed by atoms with E-state index in [1.807, 2.05) is 0 Å². The van der Waals surface area contributed by atoms with Gasteiger partial charge in [-0.1, -0.05) is 69.6 Å². The predicted molar refractivity (Wildman–Crippen MR) is 84.1 cm³/mol. The summed E-state index contributed by atoms with van der Waals surface area (Å²) in [6.45, 7) is 0. The number of aromatic nitrogens is 3. The summed E-state index contributed by atoms with van der Waals surface area (Å²) in [6.07, 6.45) is -3.26. The highest BCUT2D eigenvalue weighted by Crippen LogP contribution is 2.31. The van der Waals surface area contributed by atoms with Crippen molar-refractivity contribution >= 4 is 87.5 Å². The number of aliphatic hydroxyl groups is 2. The van der Waals surface area contributed by atoms with Crippen LogP contribution in [0.4, 0.5) is 17.8 Å². The van der Waals surface area contributed by atoms with Gasteiger partial charge in [0.2, 0.25) is 25.4 Å². The molecule has 1 rings (SSSR count). The Morgan fingerprint density at radius 3 is 1.43 bits per heavy atom. The zero-order valence-corrected chi connectivity index (χ0v) is 14.3. The third-order valence-electron chi connectivity index (χ3n) is 1.80. The van der Waals surface area contributed by atoms with E-state index in [1.165, 1.54) is 0 Å². The first-order valence-electron chi connectivity index (χ1n) is 4.94. The molecule has 0 aliphatic carbocycles. The van der Waals surface area contributed by atoms with Crippen LogP contribution in [0.1, 0.15) is 0 Å². The van der Waals surface area contributed by atoms with Gasteiger partial charge in [-0.3, -0.25) is 0 Å². The van der Waals surface area contributed by atoms with Gasteiger partial charge in [-0.2, -0.15) is 15.0 Å². The Bertz CT molecular complexity index is 453. The van der Waals surface area contributed by atoms with E-state index in [0.717, 1.165) is 0 Å². The van der Waals surface area contributed by atoms with Crippen molar-refractivity contribution in [3.05, 3.63) is 0 Å². The van der Waals surface area contributed by atoms with E-state index in [4.69, 9.17) is 75.3 Å². The van der Waals surface area contributed by atoms with E-state index in [2.05, 4.69) is 25.6 Å². The summed E-state index contributed by atoms with van der Waals surface area (Å²) in [6, 6.07) is 0. The molecule has 0 aliphatic rings. The van der Waals surface area contributed by atoms with Gasteiger partial charge in [0.25, 0.3) is 0 Å². The van der Waals surface area contributed by atoms with Crippen LogP contribution in [0.15, 0.2) is 0 Å². The number of alkyl halides is 6. The number of hydrogen-bond acceptors (Lipinski definition) is 8. The van der Waals surface area contributed by atoms with Crippen molar-refractivity contribution in [2.45, 2.75) is 20.0 Å². The van der Waals surface area contributed by atoms with Gasteiger partial charge in [-0.15, -0.1) is 0 Å². The summed E-state index contributed by atoms with van der Waals surface area (Å²) < 4.78 is -4.07. The number of nitrogen functional groups attached to an aromatic ring is 1. The highest BCUT2D eigenvalue weighted by molar-refractivity contribution is 6.68. The van der Waals surface area contributed by atoms with Gasteiger partial charge in [-0.05, 0) is 0 Å². The largest absolute Gasteiger partial charge is 0.369 e. The fourth-order valence-corrected chi connectivity index (χ4v) is 1.26. The SMILES string of the molecule is Nc1nc(N[C@@H](O)C(Cl)(Cl)Cl)nc(N[C@@H](O)C(Cl)(Cl)Cl)n1. The molecule has 1 aromatic rings. The Morgan fingerprint density at radius 2 is 1.14 bits per heavy atom. The molecule has 8 nitrogen and oxygen atoms in total. The number of anilines is 3. The topological polar surface area (TPSA) is 129 Å². The van der Waals surface area contributed by atoms with Crippen molar-refractivity contribution in [3.8, 4) is 0 Å². The second kappa shape index (κ2) is 7.10. The summed E-state index contributed by atoms with van der Waals surface area (Å²) in [7, 11) is 0. The van der Waals surface area contributed by atoms with Gasteiger partial charge in [0, 0.05) is 0 Å². The zero-order valence-electron chi connectivity index (χ0n) is 9.74. The van der Waals surface area contributed by atoms with E-state index in [-0.39, 0.29) is 17.8 Å². The number of nitrogens with zero attached hydrogens (tertiary/aromatic N) is 3. The fraction of sp³-hybridized carbons (Fsp3) is 0.571. The van der Waals surface area contributed by atoms with Crippen LogP contribution in [-0.4, -0.2) is 45.2 Å². The van der Waals surface area contributed by atoms with Gasteiger partial charge in [0.1, 0.15) is 0 Å². The van der Waals surface area contributed by atoms with Gasteiger partial charge >= 0.3 is 0 Å². The van der Waals surface area contributed by atoms with Crippen LogP contribution in [0.2, 0.25) is 0 Å². The molecule has 0 amide bonds. The third kappa shape index (κ3) is 6.37. The molecule has 0 saturated carbocycles. The number of halogens is 6. The second-order valence-corrected chi connectivity index (χ2v) is 8.26. The van der Waals surface area contributed by atoms with Gasteiger partial charge in [0.05, 0.1) is 0 Å². The molecule has 0 unspecified atom stereocenters. The molecule has 0 fully saturated rings. The maximum Gasteiger partial charge on any atom is 0.234 e. The molecule has 0 saturated heterocycles. The van der Waals surface area contributed by atoms with Crippen LogP contribution in [0, 0.1) is 0 Å². The normalized spacial score (nSPS) is 15.4. The summed E-state index contributed by atoms with van der Waals surface area (Å²) >= 11 is 32.8. The monoisotopic (exact) mass is 418 g/mol. The highest BCUT2D eigenvalue weighted by Gasteiger charge is 2.33. The van der Waals surface area contributed by atoms with Crippen LogP contribution in [0.3, 0.4) is 0 Å². The average Bonchev–Trinajstić information content (AvgIpc) is 2.25. The molecule has 1 aromatic heterocycles. The van der Waals surface area contributed by atoms with Crippen molar-refractivity contribution < 1.29 is 10.2 Å². The van der Waals surface area contributed by atoms with Crippen molar-refractivity contribution in [3.63, 3.8) is 0 Å². The van der Waals surface area contributed by atoms with Gasteiger partial charge in [-0.25, -0.2) is 0 Å². The first kappa shape index (κ1) is 19.1. The van der Waals surface area contributed by atoms with Crippen molar-refractivity contribution in [1.82, 2.24) is 15.0 Å². The molecule has 6 N–H and O–H groups in total. The minimum Gasteiger partial charge on any atom is -0.369 e. The third-order valence-corrected chi connectivity index (χ3v) is 3.04. The maximum atomic E-state index is 9.55. The van der Waals surface area contributed by atoms with Crippen molar-refractivity contribution in [2.24, 2.45) is 0 Å². The van der Waals surface area contributed by atoms with E-state index in [1.54, 1.807) is 0 Å². The summed E-state index contributed by atoms with van der Waals surface area (Å²) in [4.78, 5) is 11.0. The first-order chi connectivity index (χ1) is 9.39. The second-order valence-electron chi connectivity index (χ2n) is 3.52. The van der Waals surface area contributed by atoms with Gasteiger partial charge in [0.15, 0.2) is 12.5 Å². The lowest BCUT2D eigenvalue weighted by Gasteiger charge is -2.21. The summed E-state index contributed by atoms with van der Waals surface area (Å²) in [5, 5.41) is 23.6. The van der Waals surface area contributed by atoms with E-state index >= 15 is 0 Å². The molecule has 120 valence electrons. The van der Waals surface area contributed by atoms with Crippen molar-refractivity contribution in [1.29, 1.82) is 0 Å². The quantitative estimate of drug-likeness (QED) is 0.367. The Balaban J connectivity index is 2.90. The highest BCUT2D eigenvalue weighted by atomic mass is 35.6. The van der Waals surface area contributed by atoms with Crippen molar-refractivity contribution in [2.75, 3.05) is 16.4 Å². The standard InChI is InChI=1S/C7H8Cl6N6O2/c8-6(9,10)1(20)15-4-17-3(14)18-5(19-4)16-2(21)7(11,12)13/h1-2,20-21H,(H4,14,15,16,17,18,19)/t1-,2-/m0/s1. The molecule has 2 atom stereocenters. The molecule has 0 bridgehead atoms. The number of nitrogens with one attached hydrogen (secondary N) is 2. The minimum atomic E-state index is -2.04. The zero-order chi connectivity index (χ0) is 16.4. The Hall–Kier alpha value is 0.0700. The Morgan fingerprint density at radius 1 is 0.810 bits per heavy atom. The fourth-order valence-electron chi connectivity index (χ4n) is 0.930. The maximum absolute atomic E-state index is 9.55. The molecular weight excluding hydrogens is 413 g/mol. The lowest BCUT2D eigenvalue weighted by atomic mass is 10.6. The molecular formula is C7H8Cl6N6O2. The van der Waals surface area contributed by atoms with Crippen LogP contribution in [-0.2, 0) is 0 Å². The lowest BCUT2D eigenvalue weighted by Crippen LogP contribution is -2.35.